The average Bonchev–Trinajstić information content (AvgIpc) is 2.55. The van der Waals surface area contributed by atoms with Crippen molar-refractivity contribution < 1.29 is 10.6 Å². The Hall–Kier alpha value is -1.12. The van der Waals surface area contributed by atoms with Crippen LogP contribution in [0.1, 0.15) is 59.8 Å². The minimum absolute atomic E-state index is 0. The molecule has 0 unspecified atom stereocenters. The first kappa shape index (κ1) is 22.2. The van der Waals surface area contributed by atoms with Crippen LogP contribution in [-0.4, -0.2) is 17.7 Å². The molecule has 0 heterocycles. The maximum absolute atomic E-state index is 7.00. The van der Waals surface area contributed by atoms with Crippen LogP contribution >= 0.6 is 0 Å². The van der Waals surface area contributed by atoms with Crippen molar-refractivity contribution >= 4 is 0 Å². The molecule has 0 aromatic rings. The van der Waals surface area contributed by atoms with Gasteiger partial charge in [0.2, 0.25) is 0 Å². The Labute approximate surface area is 131 Å². The molecule has 2 nitrogen and oxygen atoms in total. The fraction of sp³-hybridized carbons (Fsp3) is 0.579. The molecule has 0 saturated heterocycles. The standard InChI is InChI=1S/C16H22.C2H6.CH4O.H2O/c1-3-5-7-13-10-11-16-14(4-2)8-6-9-15(16)12-13;2*1-2;/h6,8-11,15H,3-5,7,12H2,1-2H3;1-2H3;2H,1H3;1H2/t15-;;;/m1.../s1. The van der Waals surface area contributed by atoms with E-state index in [0.717, 1.165) is 13.5 Å². The molecule has 0 spiro atoms. The lowest BCUT2D eigenvalue weighted by Gasteiger charge is -2.26. The number of allylic oxidation sites excluding steroid dienone is 8. The summed E-state index contributed by atoms with van der Waals surface area (Å²) >= 11 is 0. The largest absolute Gasteiger partial charge is 0.412 e. The lowest BCUT2D eigenvalue weighted by Crippen LogP contribution is -2.11. The minimum atomic E-state index is 0. The van der Waals surface area contributed by atoms with Crippen LogP contribution in [0.2, 0.25) is 0 Å². The summed E-state index contributed by atoms with van der Waals surface area (Å²) in [6, 6.07) is 0. The van der Waals surface area contributed by atoms with Gasteiger partial charge < -0.3 is 10.6 Å². The highest BCUT2D eigenvalue weighted by molar-refractivity contribution is 5.46. The molecule has 2 aliphatic carbocycles. The number of fused-ring (bicyclic) bond motifs is 1. The Morgan fingerprint density at radius 3 is 2.33 bits per heavy atom. The van der Waals surface area contributed by atoms with Gasteiger partial charge in [0.05, 0.1) is 0 Å². The van der Waals surface area contributed by atoms with E-state index in [-0.39, 0.29) is 5.48 Å². The molecule has 0 aromatic carbocycles. The van der Waals surface area contributed by atoms with E-state index in [4.69, 9.17) is 5.11 Å². The second-order valence-electron chi connectivity index (χ2n) is 4.79. The predicted octanol–water partition coefficient (Wildman–Crippen LogP) is 4.77. The Morgan fingerprint density at radius 1 is 1.10 bits per heavy atom. The van der Waals surface area contributed by atoms with Crippen LogP contribution in [0, 0.1) is 5.92 Å². The molecule has 0 fully saturated rings. The van der Waals surface area contributed by atoms with E-state index < -0.39 is 0 Å². The molecule has 0 radical (unpaired) electrons. The number of rotatable bonds is 4. The molecule has 0 amide bonds. The van der Waals surface area contributed by atoms with E-state index in [1.165, 1.54) is 31.3 Å². The number of aliphatic hydroxyl groups excluding tert-OH is 1. The van der Waals surface area contributed by atoms with Crippen molar-refractivity contribution in [2.24, 2.45) is 5.92 Å². The molecule has 1 atom stereocenters. The number of hydrogen-bond acceptors (Lipinski definition) is 1. The first-order chi connectivity index (χ1) is 9.85. The van der Waals surface area contributed by atoms with Gasteiger partial charge in [-0.3, -0.25) is 0 Å². The van der Waals surface area contributed by atoms with Gasteiger partial charge >= 0.3 is 0 Å². The van der Waals surface area contributed by atoms with Crippen LogP contribution < -0.4 is 0 Å². The van der Waals surface area contributed by atoms with Crippen molar-refractivity contribution in [3.8, 4) is 0 Å². The van der Waals surface area contributed by atoms with Crippen LogP contribution in [0.5, 0.6) is 0 Å². The number of aliphatic hydroxyl groups is 1. The summed E-state index contributed by atoms with van der Waals surface area (Å²) in [5.41, 5.74) is 4.72. The van der Waals surface area contributed by atoms with E-state index in [9.17, 15) is 0 Å². The van der Waals surface area contributed by atoms with Crippen LogP contribution in [0.15, 0.2) is 47.1 Å². The fourth-order valence-electron chi connectivity index (χ4n) is 2.62. The monoisotopic (exact) mass is 294 g/mol. The summed E-state index contributed by atoms with van der Waals surface area (Å²) in [6.45, 7) is 8.52. The summed E-state index contributed by atoms with van der Waals surface area (Å²) in [7, 11) is 1.00. The zero-order valence-electron chi connectivity index (χ0n) is 14.4. The Kier molecular flexibility index (Phi) is 14.6. The summed E-state index contributed by atoms with van der Waals surface area (Å²) in [5, 5.41) is 7.00. The van der Waals surface area contributed by atoms with Gasteiger partial charge in [-0.2, -0.15) is 0 Å². The smallest absolute Gasteiger partial charge is 0.0319 e. The van der Waals surface area contributed by atoms with E-state index in [0.29, 0.717) is 5.92 Å². The maximum Gasteiger partial charge on any atom is 0.0319 e. The number of hydrogen-bond donors (Lipinski definition) is 1. The zero-order chi connectivity index (χ0) is 15.4. The fourth-order valence-corrected chi connectivity index (χ4v) is 2.62. The summed E-state index contributed by atoms with van der Waals surface area (Å²) in [4.78, 5) is 0. The van der Waals surface area contributed by atoms with Crippen LogP contribution in [-0.2, 0) is 0 Å². The summed E-state index contributed by atoms with van der Waals surface area (Å²) in [6.07, 6.45) is 17.9. The first-order valence-electron chi connectivity index (χ1n) is 8.07. The van der Waals surface area contributed by atoms with Gasteiger partial charge in [-0.1, -0.05) is 70.1 Å². The van der Waals surface area contributed by atoms with E-state index in [1.807, 2.05) is 13.8 Å². The molecule has 0 bridgehead atoms. The molecule has 21 heavy (non-hydrogen) atoms. The van der Waals surface area contributed by atoms with Crippen molar-refractivity contribution in [2.45, 2.75) is 59.8 Å². The molecule has 0 saturated carbocycles. The van der Waals surface area contributed by atoms with Gasteiger partial charge in [-0.05, 0) is 36.8 Å². The van der Waals surface area contributed by atoms with Crippen LogP contribution in [0.4, 0.5) is 0 Å². The van der Waals surface area contributed by atoms with Crippen LogP contribution in [0.3, 0.4) is 0 Å². The molecule has 0 aliphatic heterocycles. The maximum atomic E-state index is 7.00. The average molecular weight is 294 g/mol. The van der Waals surface area contributed by atoms with Crippen molar-refractivity contribution in [3.63, 3.8) is 0 Å². The van der Waals surface area contributed by atoms with Crippen molar-refractivity contribution in [2.75, 3.05) is 7.11 Å². The second-order valence-corrected chi connectivity index (χ2v) is 4.79. The Balaban J connectivity index is 0. The molecule has 2 rings (SSSR count). The van der Waals surface area contributed by atoms with Crippen molar-refractivity contribution in [3.05, 3.63) is 47.1 Å². The zero-order valence-corrected chi connectivity index (χ0v) is 14.4. The molecule has 2 heteroatoms. The van der Waals surface area contributed by atoms with Gasteiger partial charge in [0.15, 0.2) is 0 Å². The predicted molar refractivity (Wildman–Crippen MR) is 94.4 cm³/mol. The van der Waals surface area contributed by atoms with Gasteiger partial charge in [-0.25, -0.2) is 0 Å². The SMILES string of the molecule is CC.CCCCC1=CC=C2C(CC)=CC=C[C@@H]2C1.CO.O. The van der Waals surface area contributed by atoms with E-state index in [2.05, 4.69) is 44.2 Å². The molecular weight excluding hydrogens is 260 g/mol. The van der Waals surface area contributed by atoms with Crippen molar-refractivity contribution in [1.29, 1.82) is 0 Å². The summed E-state index contributed by atoms with van der Waals surface area (Å²) in [5.74, 6) is 0.664. The lowest BCUT2D eigenvalue weighted by atomic mass is 9.79. The van der Waals surface area contributed by atoms with Gasteiger partial charge in [0, 0.05) is 13.0 Å². The van der Waals surface area contributed by atoms with Gasteiger partial charge in [0.25, 0.3) is 0 Å². The second kappa shape index (κ2) is 13.8. The molecule has 3 N–H and O–H groups in total. The summed E-state index contributed by atoms with van der Waals surface area (Å²) < 4.78 is 0. The Morgan fingerprint density at radius 2 is 1.76 bits per heavy atom. The van der Waals surface area contributed by atoms with Crippen LogP contribution in [0.25, 0.3) is 0 Å². The third kappa shape index (κ3) is 6.92. The third-order valence-corrected chi connectivity index (χ3v) is 3.62. The quantitative estimate of drug-likeness (QED) is 0.798. The third-order valence-electron chi connectivity index (χ3n) is 3.62. The van der Waals surface area contributed by atoms with Gasteiger partial charge in [0.1, 0.15) is 0 Å². The molecule has 122 valence electrons. The molecule has 2 aliphatic rings. The highest BCUT2D eigenvalue weighted by atomic mass is 16.2. The minimum Gasteiger partial charge on any atom is -0.412 e. The van der Waals surface area contributed by atoms with Gasteiger partial charge in [-0.15, -0.1) is 0 Å². The number of unbranched alkanes of at least 4 members (excludes halogenated alkanes) is 1. The molecular formula is C19H34O2. The highest BCUT2D eigenvalue weighted by Crippen LogP contribution is 2.36. The van der Waals surface area contributed by atoms with E-state index in [1.54, 1.807) is 11.1 Å². The highest BCUT2D eigenvalue weighted by Gasteiger charge is 2.20. The molecule has 0 aromatic heterocycles. The topological polar surface area (TPSA) is 51.7 Å². The Bertz CT molecular complexity index is 373. The first-order valence-corrected chi connectivity index (χ1v) is 8.07. The lowest BCUT2D eigenvalue weighted by molar-refractivity contribution is 0.399. The van der Waals surface area contributed by atoms with Crippen molar-refractivity contribution in [1.82, 2.24) is 0 Å². The normalized spacial score (nSPS) is 18.4. The van der Waals surface area contributed by atoms with E-state index >= 15 is 0 Å².